The fourth-order valence-corrected chi connectivity index (χ4v) is 3.08. The van der Waals surface area contributed by atoms with Crippen molar-refractivity contribution in [1.82, 2.24) is 15.5 Å². The number of ketones is 1. The molecule has 26 heavy (non-hydrogen) atoms. The van der Waals surface area contributed by atoms with Gasteiger partial charge in [0.25, 0.3) is 0 Å². The average molecular weight is 361 g/mol. The molecule has 0 spiro atoms. The Morgan fingerprint density at radius 3 is 2.73 bits per heavy atom. The van der Waals surface area contributed by atoms with Crippen LogP contribution in [0.5, 0.6) is 0 Å². The van der Waals surface area contributed by atoms with Crippen LogP contribution in [0.25, 0.3) is 0 Å². The van der Waals surface area contributed by atoms with Crippen LogP contribution < -0.4 is 10.6 Å². The van der Waals surface area contributed by atoms with Crippen molar-refractivity contribution in [1.29, 1.82) is 0 Å². The van der Waals surface area contributed by atoms with E-state index in [9.17, 15) is 19.8 Å². The molecule has 2 amide bonds. The standard InChI is InChI=1S/C18H23N3O5/c1-12(23)18(19-10-13-5-3-2-4-6-13)7-8-21(17(25)20-18)16-9-14(24)15(11-22)26-16/h2-8,14-16,19,22,24H,9-11H2,1H3,(H,20,25)/t14-,15+,16+,18?/m0/s1. The molecule has 140 valence electrons. The summed E-state index contributed by atoms with van der Waals surface area (Å²) in [5.41, 5.74) is -0.331. The largest absolute Gasteiger partial charge is 0.394 e. The summed E-state index contributed by atoms with van der Waals surface area (Å²) < 4.78 is 5.50. The van der Waals surface area contributed by atoms with Crippen LogP contribution in [0.4, 0.5) is 4.79 Å². The molecule has 2 heterocycles. The highest BCUT2D eigenvalue weighted by molar-refractivity contribution is 5.94. The zero-order chi connectivity index (χ0) is 18.7. The number of benzene rings is 1. The number of amides is 2. The molecule has 3 rings (SSSR count). The number of rotatable bonds is 6. The van der Waals surface area contributed by atoms with Gasteiger partial charge in [0, 0.05) is 19.2 Å². The normalized spacial score (nSPS) is 31.1. The van der Waals surface area contributed by atoms with Crippen LogP contribution in [0, 0.1) is 0 Å². The van der Waals surface area contributed by atoms with Gasteiger partial charge in [-0.1, -0.05) is 30.3 Å². The first-order chi connectivity index (χ1) is 12.4. The van der Waals surface area contributed by atoms with E-state index in [2.05, 4.69) is 10.6 Å². The number of hydrogen-bond donors (Lipinski definition) is 4. The molecule has 8 heteroatoms. The Morgan fingerprint density at radius 1 is 1.42 bits per heavy atom. The maximum absolute atomic E-state index is 12.6. The molecule has 0 aliphatic carbocycles. The summed E-state index contributed by atoms with van der Waals surface area (Å²) in [7, 11) is 0. The van der Waals surface area contributed by atoms with Gasteiger partial charge in [-0.3, -0.25) is 15.0 Å². The number of hydrogen-bond acceptors (Lipinski definition) is 6. The van der Waals surface area contributed by atoms with Crippen molar-refractivity contribution >= 4 is 11.8 Å². The van der Waals surface area contributed by atoms with E-state index in [0.29, 0.717) is 6.54 Å². The first kappa shape index (κ1) is 18.5. The maximum Gasteiger partial charge on any atom is 0.325 e. The highest BCUT2D eigenvalue weighted by atomic mass is 16.5. The predicted molar refractivity (Wildman–Crippen MR) is 92.6 cm³/mol. The number of urea groups is 1. The number of aliphatic hydroxyl groups excluding tert-OH is 2. The second kappa shape index (κ2) is 7.55. The number of nitrogens with one attached hydrogen (secondary N) is 2. The van der Waals surface area contributed by atoms with E-state index in [1.807, 2.05) is 30.3 Å². The van der Waals surface area contributed by atoms with E-state index in [0.717, 1.165) is 5.56 Å². The summed E-state index contributed by atoms with van der Waals surface area (Å²) in [4.78, 5) is 26.1. The number of carbonyl (C=O) groups excluding carboxylic acids is 2. The van der Waals surface area contributed by atoms with E-state index in [4.69, 9.17) is 4.74 Å². The SMILES string of the molecule is CC(=O)C1(NCc2ccccc2)C=CN([C@H]2C[C@H](O)[C@@H](CO)O2)C(=O)N1. The van der Waals surface area contributed by atoms with Crippen molar-refractivity contribution in [3.63, 3.8) is 0 Å². The summed E-state index contributed by atoms with van der Waals surface area (Å²) in [5.74, 6) is -0.252. The molecule has 2 aliphatic rings. The first-order valence-electron chi connectivity index (χ1n) is 8.49. The minimum atomic E-state index is -1.31. The molecule has 4 atom stereocenters. The summed E-state index contributed by atoms with van der Waals surface area (Å²) >= 11 is 0. The lowest BCUT2D eigenvalue weighted by atomic mass is 10.0. The third-order valence-electron chi connectivity index (χ3n) is 4.69. The smallest absolute Gasteiger partial charge is 0.325 e. The van der Waals surface area contributed by atoms with Gasteiger partial charge in [-0.15, -0.1) is 0 Å². The van der Waals surface area contributed by atoms with Crippen LogP contribution in [0.3, 0.4) is 0 Å². The molecule has 4 N–H and O–H groups in total. The molecule has 0 saturated carbocycles. The van der Waals surface area contributed by atoms with Crippen LogP contribution in [-0.4, -0.2) is 57.6 Å². The Labute approximate surface area is 151 Å². The highest BCUT2D eigenvalue weighted by Crippen LogP contribution is 2.26. The Hall–Kier alpha value is -2.26. The van der Waals surface area contributed by atoms with Crippen LogP contribution in [0.2, 0.25) is 0 Å². The Bertz CT molecular complexity index is 695. The van der Waals surface area contributed by atoms with Crippen molar-refractivity contribution in [2.24, 2.45) is 0 Å². The molecule has 8 nitrogen and oxygen atoms in total. The third-order valence-corrected chi connectivity index (χ3v) is 4.69. The van der Waals surface area contributed by atoms with E-state index in [-0.39, 0.29) is 18.8 Å². The number of nitrogens with zero attached hydrogens (tertiary/aromatic N) is 1. The first-order valence-corrected chi connectivity index (χ1v) is 8.49. The van der Waals surface area contributed by atoms with E-state index >= 15 is 0 Å². The van der Waals surface area contributed by atoms with Gasteiger partial charge in [0.05, 0.1) is 12.7 Å². The van der Waals surface area contributed by atoms with Crippen LogP contribution in [0.1, 0.15) is 18.9 Å². The van der Waals surface area contributed by atoms with Crippen molar-refractivity contribution in [2.45, 2.75) is 44.0 Å². The summed E-state index contributed by atoms with van der Waals surface area (Å²) in [6.07, 6.45) is 0.973. The molecule has 1 aromatic carbocycles. The van der Waals surface area contributed by atoms with Crippen molar-refractivity contribution < 1.29 is 24.5 Å². The van der Waals surface area contributed by atoms with Gasteiger partial charge in [-0.2, -0.15) is 0 Å². The van der Waals surface area contributed by atoms with Crippen LogP contribution >= 0.6 is 0 Å². The third kappa shape index (κ3) is 3.63. The van der Waals surface area contributed by atoms with Gasteiger partial charge in [0.1, 0.15) is 12.3 Å². The quantitative estimate of drug-likeness (QED) is 0.571. The van der Waals surface area contributed by atoms with Gasteiger partial charge in [-0.25, -0.2) is 4.79 Å². The molecule has 0 aromatic heterocycles. The zero-order valence-electron chi connectivity index (χ0n) is 14.5. The lowest BCUT2D eigenvalue weighted by molar-refractivity contribution is -0.123. The summed E-state index contributed by atoms with van der Waals surface area (Å²) in [5, 5.41) is 24.8. The topological polar surface area (TPSA) is 111 Å². The van der Waals surface area contributed by atoms with Crippen molar-refractivity contribution in [3.8, 4) is 0 Å². The molecule has 1 unspecified atom stereocenters. The van der Waals surface area contributed by atoms with Gasteiger partial charge in [-0.05, 0) is 18.6 Å². The van der Waals surface area contributed by atoms with Gasteiger partial charge >= 0.3 is 6.03 Å². The second-order valence-corrected chi connectivity index (χ2v) is 6.47. The number of carbonyl (C=O) groups is 2. The van der Waals surface area contributed by atoms with Crippen LogP contribution in [-0.2, 0) is 16.1 Å². The van der Waals surface area contributed by atoms with Crippen LogP contribution in [0.15, 0.2) is 42.6 Å². The summed E-state index contributed by atoms with van der Waals surface area (Å²) in [6.45, 7) is 1.47. The van der Waals surface area contributed by atoms with E-state index in [1.165, 1.54) is 18.0 Å². The molecule has 2 aliphatic heterocycles. The summed E-state index contributed by atoms with van der Waals surface area (Å²) in [6, 6.07) is 9.03. The maximum atomic E-state index is 12.6. The molecule has 1 fully saturated rings. The molecule has 1 saturated heterocycles. The lowest BCUT2D eigenvalue weighted by Gasteiger charge is -2.38. The van der Waals surface area contributed by atoms with Gasteiger partial charge < -0.3 is 20.3 Å². The zero-order valence-corrected chi connectivity index (χ0v) is 14.5. The molecular weight excluding hydrogens is 338 g/mol. The second-order valence-electron chi connectivity index (χ2n) is 6.47. The molecule has 0 bridgehead atoms. The van der Waals surface area contributed by atoms with Gasteiger partial charge in [0.15, 0.2) is 11.4 Å². The lowest BCUT2D eigenvalue weighted by Crippen LogP contribution is -2.66. The highest BCUT2D eigenvalue weighted by Gasteiger charge is 2.43. The van der Waals surface area contributed by atoms with E-state index in [1.54, 1.807) is 6.08 Å². The Balaban J connectivity index is 1.73. The Morgan fingerprint density at radius 2 is 2.15 bits per heavy atom. The fraction of sp³-hybridized carbons (Fsp3) is 0.444. The predicted octanol–water partition coefficient (Wildman–Crippen LogP) is 0.0686. The van der Waals surface area contributed by atoms with Crippen molar-refractivity contribution in [2.75, 3.05) is 6.61 Å². The number of ether oxygens (including phenoxy) is 1. The monoisotopic (exact) mass is 361 g/mol. The number of aliphatic hydroxyl groups is 2. The number of Topliss-reactive ketones (excluding diaryl/α,β-unsaturated/α-hetero) is 1. The van der Waals surface area contributed by atoms with E-state index < -0.39 is 30.1 Å². The molecule has 1 aromatic rings. The Kier molecular flexibility index (Phi) is 5.38. The average Bonchev–Trinajstić information content (AvgIpc) is 3.01. The van der Waals surface area contributed by atoms with Crippen molar-refractivity contribution in [3.05, 3.63) is 48.2 Å². The minimum Gasteiger partial charge on any atom is -0.394 e. The van der Waals surface area contributed by atoms with Gasteiger partial charge in [0.2, 0.25) is 0 Å². The fourth-order valence-electron chi connectivity index (χ4n) is 3.08. The minimum absolute atomic E-state index is 0.188. The molecule has 0 radical (unpaired) electrons. The molecular formula is C18H23N3O5.